The van der Waals surface area contributed by atoms with E-state index in [0.29, 0.717) is 12.8 Å². The Bertz CT molecular complexity index is 656. The minimum absolute atomic E-state index is 0.112. The number of hydrogen-bond acceptors (Lipinski definition) is 5. The normalized spacial score (nSPS) is 20.1. The molecule has 0 saturated carbocycles. The number of carbonyl (C=O) groups is 2. The summed E-state index contributed by atoms with van der Waals surface area (Å²) < 4.78 is 26.0. The minimum atomic E-state index is -3.97. The number of carbonyl (C=O) groups excluding carboxylic acids is 1. The maximum Gasteiger partial charge on any atom is 0.337 e. The Morgan fingerprint density at radius 2 is 2.05 bits per heavy atom. The van der Waals surface area contributed by atoms with Gasteiger partial charge in [0.15, 0.2) is 5.03 Å². The third-order valence-corrected chi connectivity index (χ3v) is 5.16. The first-order valence-electron chi connectivity index (χ1n) is 6.34. The van der Waals surface area contributed by atoms with E-state index in [9.17, 15) is 18.0 Å². The molecular formula is C12H15N3O5S. The maximum atomic E-state index is 12.5. The van der Waals surface area contributed by atoms with Crippen LogP contribution in [0.25, 0.3) is 0 Å². The molecule has 0 bridgehead atoms. The monoisotopic (exact) mass is 313 g/mol. The van der Waals surface area contributed by atoms with Gasteiger partial charge in [0, 0.05) is 12.7 Å². The van der Waals surface area contributed by atoms with Gasteiger partial charge in [-0.25, -0.2) is 18.2 Å². The molecule has 8 nitrogen and oxygen atoms in total. The molecule has 0 aromatic carbocycles. The van der Waals surface area contributed by atoms with E-state index in [0.717, 1.165) is 29.1 Å². The summed E-state index contributed by atoms with van der Waals surface area (Å²) in [5.41, 5.74) is 5.14. The average molecular weight is 313 g/mol. The van der Waals surface area contributed by atoms with Crippen LogP contribution >= 0.6 is 0 Å². The summed E-state index contributed by atoms with van der Waals surface area (Å²) in [5, 5.41) is 8.49. The van der Waals surface area contributed by atoms with Crippen LogP contribution in [0.4, 0.5) is 0 Å². The van der Waals surface area contributed by atoms with Crippen LogP contribution in [0, 0.1) is 0 Å². The first-order chi connectivity index (χ1) is 9.84. The number of pyridine rings is 1. The fourth-order valence-electron chi connectivity index (χ4n) is 2.26. The van der Waals surface area contributed by atoms with E-state index in [1.165, 1.54) is 0 Å². The molecule has 2 rings (SSSR count). The lowest BCUT2D eigenvalue weighted by molar-refractivity contribution is -0.122. The number of nitrogens with zero attached hydrogens (tertiary/aromatic N) is 2. The number of carboxylic acids is 1. The van der Waals surface area contributed by atoms with Crippen molar-refractivity contribution in [3.05, 3.63) is 23.9 Å². The van der Waals surface area contributed by atoms with Crippen molar-refractivity contribution in [1.82, 2.24) is 9.29 Å². The van der Waals surface area contributed by atoms with Crippen LogP contribution in [0.2, 0.25) is 0 Å². The molecule has 1 atom stereocenters. The van der Waals surface area contributed by atoms with Gasteiger partial charge in [0.05, 0.1) is 5.56 Å². The Labute approximate surface area is 121 Å². The van der Waals surface area contributed by atoms with Gasteiger partial charge in [-0.15, -0.1) is 0 Å². The molecule has 9 heteroatoms. The quantitative estimate of drug-likeness (QED) is 0.792. The number of aromatic carboxylic acids is 1. The highest BCUT2D eigenvalue weighted by molar-refractivity contribution is 7.89. The van der Waals surface area contributed by atoms with E-state index in [1.807, 2.05) is 0 Å². The van der Waals surface area contributed by atoms with Crippen molar-refractivity contribution in [2.24, 2.45) is 5.73 Å². The summed E-state index contributed by atoms with van der Waals surface area (Å²) in [6, 6.07) is 1.39. The molecule has 1 fully saturated rings. The Balaban J connectivity index is 2.35. The van der Waals surface area contributed by atoms with Crippen molar-refractivity contribution in [2.75, 3.05) is 6.54 Å². The van der Waals surface area contributed by atoms with Gasteiger partial charge in [-0.3, -0.25) is 4.79 Å². The van der Waals surface area contributed by atoms with Gasteiger partial charge >= 0.3 is 5.97 Å². The predicted octanol–water partition coefficient (Wildman–Crippen LogP) is -0.192. The van der Waals surface area contributed by atoms with Gasteiger partial charge in [0.25, 0.3) is 10.0 Å². The second kappa shape index (κ2) is 5.78. The lowest BCUT2D eigenvalue weighted by Gasteiger charge is -2.32. The van der Waals surface area contributed by atoms with Gasteiger partial charge < -0.3 is 10.8 Å². The number of rotatable bonds is 4. The number of primary amides is 1. The van der Waals surface area contributed by atoms with Crippen LogP contribution in [0.1, 0.15) is 29.6 Å². The van der Waals surface area contributed by atoms with E-state index in [4.69, 9.17) is 10.8 Å². The van der Waals surface area contributed by atoms with Crippen LogP contribution in [-0.4, -0.2) is 47.3 Å². The molecule has 1 saturated heterocycles. The number of sulfonamides is 1. The van der Waals surface area contributed by atoms with Crippen LogP contribution in [-0.2, 0) is 14.8 Å². The molecule has 2 heterocycles. The standard InChI is InChI=1S/C12H15N3O5S/c13-11(16)9-3-1-2-6-15(9)21(19,20)10-5-4-8(7-14-10)12(17)18/h4-5,7,9H,1-3,6H2,(H2,13,16)(H,17,18). The first kappa shape index (κ1) is 15.4. The molecule has 21 heavy (non-hydrogen) atoms. The van der Waals surface area contributed by atoms with Gasteiger partial charge in [0.1, 0.15) is 6.04 Å². The Morgan fingerprint density at radius 1 is 1.33 bits per heavy atom. The largest absolute Gasteiger partial charge is 0.478 e. The fourth-order valence-corrected chi connectivity index (χ4v) is 3.84. The number of carboxylic acid groups (broad SMARTS) is 1. The summed E-state index contributed by atoms with van der Waals surface area (Å²) in [4.78, 5) is 25.8. The summed E-state index contributed by atoms with van der Waals surface area (Å²) in [7, 11) is -3.97. The van der Waals surface area contributed by atoms with Crippen molar-refractivity contribution in [3.8, 4) is 0 Å². The molecular weight excluding hydrogens is 298 g/mol. The van der Waals surface area contributed by atoms with Crippen LogP contribution in [0.15, 0.2) is 23.4 Å². The molecule has 0 radical (unpaired) electrons. The zero-order chi connectivity index (χ0) is 15.6. The maximum absolute atomic E-state index is 12.5. The molecule has 1 aliphatic rings. The van der Waals surface area contributed by atoms with Crippen LogP contribution in [0.5, 0.6) is 0 Å². The minimum Gasteiger partial charge on any atom is -0.478 e. The summed E-state index contributed by atoms with van der Waals surface area (Å²) in [5.74, 6) is -1.89. The number of nitrogens with two attached hydrogens (primary N) is 1. The van der Waals surface area contributed by atoms with E-state index in [-0.39, 0.29) is 17.1 Å². The highest BCUT2D eigenvalue weighted by Gasteiger charge is 2.37. The zero-order valence-corrected chi connectivity index (χ0v) is 11.9. The number of amides is 1. The van der Waals surface area contributed by atoms with Crippen molar-refractivity contribution >= 4 is 21.9 Å². The first-order valence-corrected chi connectivity index (χ1v) is 7.78. The number of aromatic nitrogens is 1. The van der Waals surface area contributed by atoms with Crippen LogP contribution in [0.3, 0.4) is 0 Å². The van der Waals surface area contributed by atoms with Crippen molar-refractivity contribution in [3.63, 3.8) is 0 Å². The molecule has 1 amide bonds. The fraction of sp³-hybridized carbons (Fsp3) is 0.417. The second-order valence-corrected chi connectivity index (χ2v) is 6.56. The van der Waals surface area contributed by atoms with Crippen molar-refractivity contribution in [1.29, 1.82) is 0 Å². The molecule has 114 valence electrons. The predicted molar refractivity (Wildman–Crippen MR) is 71.9 cm³/mol. The molecule has 3 N–H and O–H groups in total. The van der Waals surface area contributed by atoms with Gasteiger partial charge in [-0.05, 0) is 25.0 Å². The third-order valence-electron chi connectivity index (χ3n) is 3.34. The van der Waals surface area contributed by atoms with Crippen molar-refractivity contribution in [2.45, 2.75) is 30.3 Å². The SMILES string of the molecule is NC(=O)C1CCCCN1S(=O)(=O)c1ccc(C(=O)O)cn1. The smallest absolute Gasteiger partial charge is 0.337 e. The Hall–Kier alpha value is -2.00. The Kier molecular flexibility index (Phi) is 4.24. The van der Waals surface area contributed by atoms with E-state index in [1.54, 1.807) is 0 Å². The van der Waals surface area contributed by atoms with E-state index >= 15 is 0 Å². The van der Waals surface area contributed by atoms with Gasteiger partial charge in [0.2, 0.25) is 5.91 Å². The van der Waals surface area contributed by atoms with Gasteiger partial charge in [-0.1, -0.05) is 6.42 Å². The topological polar surface area (TPSA) is 131 Å². The average Bonchev–Trinajstić information content (AvgIpc) is 2.47. The summed E-state index contributed by atoms with van der Waals surface area (Å²) in [6.45, 7) is 0.193. The van der Waals surface area contributed by atoms with E-state index in [2.05, 4.69) is 4.98 Å². The number of piperidine rings is 1. The van der Waals surface area contributed by atoms with Crippen molar-refractivity contribution < 1.29 is 23.1 Å². The number of hydrogen-bond donors (Lipinski definition) is 2. The summed E-state index contributed by atoms with van der Waals surface area (Å²) >= 11 is 0. The van der Waals surface area contributed by atoms with E-state index < -0.39 is 27.9 Å². The molecule has 1 aliphatic heterocycles. The highest BCUT2D eigenvalue weighted by Crippen LogP contribution is 2.24. The molecule has 1 aromatic rings. The summed E-state index contributed by atoms with van der Waals surface area (Å²) in [6.07, 6.45) is 2.71. The van der Waals surface area contributed by atoms with Gasteiger partial charge in [-0.2, -0.15) is 4.31 Å². The second-order valence-electron chi connectivity index (χ2n) is 4.72. The highest BCUT2D eigenvalue weighted by atomic mass is 32.2. The lowest BCUT2D eigenvalue weighted by atomic mass is 10.0. The molecule has 1 aromatic heterocycles. The third kappa shape index (κ3) is 3.03. The van der Waals surface area contributed by atoms with Crippen LogP contribution < -0.4 is 5.73 Å². The Morgan fingerprint density at radius 3 is 2.57 bits per heavy atom. The zero-order valence-electron chi connectivity index (χ0n) is 11.1. The lowest BCUT2D eigenvalue weighted by Crippen LogP contribution is -2.50. The molecule has 0 aliphatic carbocycles. The molecule has 1 unspecified atom stereocenters. The molecule has 0 spiro atoms.